The SMILES string of the molecule is C=C(C)C(=O)OCC(O)COc1ccc(-c2cc3ccccc3n2C)c(OC)c1. The average Bonchev–Trinajstić information content (AvgIpc) is 3.06. The smallest absolute Gasteiger partial charge is 0.333 e. The van der Waals surface area contributed by atoms with Gasteiger partial charge in [-0.3, -0.25) is 0 Å². The van der Waals surface area contributed by atoms with E-state index >= 15 is 0 Å². The van der Waals surface area contributed by atoms with Crippen molar-refractivity contribution in [3.63, 3.8) is 0 Å². The number of aliphatic hydroxyl groups excluding tert-OH is 1. The maximum Gasteiger partial charge on any atom is 0.333 e. The lowest BCUT2D eigenvalue weighted by molar-refractivity contribution is -0.142. The van der Waals surface area contributed by atoms with Gasteiger partial charge in [0.05, 0.1) is 12.8 Å². The van der Waals surface area contributed by atoms with Crippen LogP contribution in [0, 0.1) is 0 Å². The van der Waals surface area contributed by atoms with Crippen LogP contribution in [0.4, 0.5) is 0 Å². The topological polar surface area (TPSA) is 69.9 Å². The Bertz CT molecular complexity index is 1040. The molecule has 0 amide bonds. The maximum atomic E-state index is 11.4. The van der Waals surface area contributed by atoms with E-state index in [1.54, 1.807) is 20.1 Å². The lowest BCUT2D eigenvalue weighted by atomic mass is 10.1. The summed E-state index contributed by atoms with van der Waals surface area (Å²) < 4.78 is 18.2. The van der Waals surface area contributed by atoms with Crippen molar-refractivity contribution in [2.24, 2.45) is 7.05 Å². The summed E-state index contributed by atoms with van der Waals surface area (Å²) in [7, 11) is 3.63. The van der Waals surface area contributed by atoms with Crippen molar-refractivity contribution in [1.82, 2.24) is 4.57 Å². The van der Waals surface area contributed by atoms with E-state index in [0.717, 1.165) is 22.2 Å². The summed E-state index contributed by atoms with van der Waals surface area (Å²) in [4.78, 5) is 11.4. The highest BCUT2D eigenvalue weighted by atomic mass is 16.5. The van der Waals surface area contributed by atoms with Crippen LogP contribution in [0.1, 0.15) is 6.92 Å². The third-order valence-electron chi connectivity index (χ3n) is 4.60. The molecule has 0 saturated carbocycles. The molecule has 1 heterocycles. The summed E-state index contributed by atoms with van der Waals surface area (Å²) >= 11 is 0. The monoisotopic (exact) mass is 395 g/mol. The van der Waals surface area contributed by atoms with E-state index in [2.05, 4.69) is 29.3 Å². The highest BCUT2D eigenvalue weighted by Crippen LogP contribution is 2.36. The van der Waals surface area contributed by atoms with Crippen LogP contribution in [0.15, 0.2) is 60.7 Å². The number of methoxy groups -OCH3 is 1. The number of benzene rings is 2. The molecule has 6 heteroatoms. The van der Waals surface area contributed by atoms with E-state index in [1.807, 2.05) is 31.3 Å². The van der Waals surface area contributed by atoms with E-state index in [1.165, 1.54) is 0 Å². The van der Waals surface area contributed by atoms with Crippen molar-refractivity contribution in [3.05, 3.63) is 60.7 Å². The predicted molar refractivity (Wildman–Crippen MR) is 112 cm³/mol. The number of nitrogens with zero attached hydrogens (tertiary/aromatic N) is 1. The van der Waals surface area contributed by atoms with Gasteiger partial charge >= 0.3 is 5.97 Å². The van der Waals surface area contributed by atoms with Crippen molar-refractivity contribution < 1.29 is 24.1 Å². The van der Waals surface area contributed by atoms with Crippen molar-refractivity contribution in [2.45, 2.75) is 13.0 Å². The third kappa shape index (κ3) is 4.60. The van der Waals surface area contributed by atoms with Gasteiger partial charge in [0, 0.05) is 35.2 Å². The molecule has 0 radical (unpaired) electrons. The van der Waals surface area contributed by atoms with Gasteiger partial charge in [-0.1, -0.05) is 24.8 Å². The summed E-state index contributed by atoms with van der Waals surface area (Å²) in [6.07, 6.45) is -0.942. The van der Waals surface area contributed by atoms with Gasteiger partial charge < -0.3 is 23.9 Å². The second-order valence-corrected chi connectivity index (χ2v) is 6.85. The quantitative estimate of drug-likeness (QED) is 0.465. The molecule has 0 bridgehead atoms. The molecule has 0 spiro atoms. The zero-order valence-corrected chi connectivity index (χ0v) is 16.8. The fraction of sp³-hybridized carbons (Fsp3) is 0.261. The minimum absolute atomic E-state index is 0.0139. The molecule has 0 aliphatic carbocycles. The van der Waals surface area contributed by atoms with Crippen LogP contribution in [0.5, 0.6) is 11.5 Å². The molecule has 1 atom stereocenters. The number of hydrogen-bond acceptors (Lipinski definition) is 5. The van der Waals surface area contributed by atoms with Crippen LogP contribution in [0.3, 0.4) is 0 Å². The van der Waals surface area contributed by atoms with Crippen molar-refractivity contribution in [3.8, 4) is 22.8 Å². The first-order valence-corrected chi connectivity index (χ1v) is 9.27. The third-order valence-corrected chi connectivity index (χ3v) is 4.60. The summed E-state index contributed by atoms with van der Waals surface area (Å²) in [5, 5.41) is 11.1. The second-order valence-electron chi connectivity index (χ2n) is 6.85. The molecule has 1 aromatic heterocycles. The molecule has 29 heavy (non-hydrogen) atoms. The largest absolute Gasteiger partial charge is 0.496 e. The van der Waals surface area contributed by atoms with Crippen molar-refractivity contribution >= 4 is 16.9 Å². The number of carbonyl (C=O) groups is 1. The first kappa shape index (κ1) is 20.5. The van der Waals surface area contributed by atoms with Crippen LogP contribution >= 0.6 is 0 Å². The highest BCUT2D eigenvalue weighted by molar-refractivity contribution is 5.88. The first-order chi connectivity index (χ1) is 13.9. The summed E-state index contributed by atoms with van der Waals surface area (Å²) in [6.45, 7) is 4.88. The Balaban J connectivity index is 1.73. The zero-order chi connectivity index (χ0) is 21.0. The Kier molecular flexibility index (Phi) is 6.24. The van der Waals surface area contributed by atoms with Crippen LogP contribution in [-0.2, 0) is 16.6 Å². The number of esters is 1. The van der Waals surface area contributed by atoms with Gasteiger partial charge in [-0.2, -0.15) is 0 Å². The maximum absolute atomic E-state index is 11.4. The van der Waals surface area contributed by atoms with Crippen molar-refractivity contribution in [1.29, 1.82) is 0 Å². The van der Waals surface area contributed by atoms with Gasteiger partial charge in [-0.25, -0.2) is 4.79 Å². The highest BCUT2D eigenvalue weighted by Gasteiger charge is 2.15. The Morgan fingerprint density at radius 3 is 2.62 bits per heavy atom. The summed E-state index contributed by atoms with van der Waals surface area (Å²) in [6, 6.07) is 15.8. The van der Waals surface area contributed by atoms with E-state index in [0.29, 0.717) is 11.5 Å². The Morgan fingerprint density at radius 1 is 1.17 bits per heavy atom. The lowest BCUT2D eigenvalue weighted by Crippen LogP contribution is -2.25. The van der Waals surface area contributed by atoms with Gasteiger partial charge in [0.1, 0.15) is 30.8 Å². The van der Waals surface area contributed by atoms with Gasteiger partial charge in [-0.05, 0) is 31.2 Å². The number of carbonyl (C=O) groups excluding carboxylic acids is 1. The van der Waals surface area contributed by atoms with Gasteiger partial charge in [0.15, 0.2) is 0 Å². The fourth-order valence-corrected chi connectivity index (χ4v) is 3.06. The molecule has 1 unspecified atom stereocenters. The van der Waals surface area contributed by atoms with Crippen molar-refractivity contribution in [2.75, 3.05) is 20.3 Å². The van der Waals surface area contributed by atoms with Gasteiger partial charge in [0.2, 0.25) is 0 Å². The molecule has 0 fully saturated rings. The Hall–Kier alpha value is -3.25. The zero-order valence-electron chi connectivity index (χ0n) is 16.8. The average molecular weight is 395 g/mol. The molecule has 0 aliphatic heterocycles. The molecule has 1 N–H and O–H groups in total. The van der Waals surface area contributed by atoms with Crippen LogP contribution in [0.2, 0.25) is 0 Å². The molecule has 3 rings (SSSR count). The van der Waals surface area contributed by atoms with Crippen LogP contribution in [0.25, 0.3) is 22.2 Å². The van der Waals surface area contributed by atoms with Crippen LogP contribution in [-0.4, -0.2) is 42.1 Å². The Morgan fingerprint density at radius 2 is 1.93 bits per heavy atom. The number of aromatic nitrogens is 1. The molecule has 2 aromatic carbocycles. The number of fused-ring (bicyclic) bond motifs is 1. The summed E-state index contributed by atoms with van der Waals surface area (Å²) in [5.74, 6) is 0.677. The standard InChI is InChI=1S/C23H25NO5/c1-15(2)23(26)29-14-17(25)13-28-18-9-10-19(22(12-18)27-4)21-11-16-7-5-6-8-20(16)24(21)3/h5-12,17,25H,1,13-14H2,2-4H3. The van der Waals surface area contributed by atoms with E-state index in [4.69, 9.17) is 14.2 Å². The first-order valence-electron chi connectivity index (χ1n) is 9.27. The molecule has 152 valence electrons. The summed E-state index contributed by atoms with van der Waals surface area (Å²) in [5.41, 5.74) is 3.39. The molecular weight excluding hydrogens is 370 g/mol. The molecule has 6 nitrogen and oxygen atoms in total. The number of aliphatic hydroxyl groups is 1. The molecular formula is C23H25NO5. The second kappa shape index (κ2) is 8.84. The predicted octanol–water partition coefficient (Wildman–Crippen LogP) is 3.71. The minimum Gasteiger partial charge on any atom is -0.496 e. The normalized spacial score (nSPS) is 11.9. The number of rotatable bonds is 8. The minimum atomic E-state index is -0.942. The van der Waals surface area contributed by atoms with E-state index in [-0.39, 0.29) is 18.8 Å². The van der Waals surface area contributed by atoms with E-state index < -0.39 is 12.1 Å². The van der Waals surface area contributed by atoms with E-state index in [9.17, 15) is 9.90 Å². The molecule has 3 aromatic rings. The molecule has 0 aliphatic rings. The van der Waals surface area contributed by atoms with Gasteiger partial charge in [-0.15, -0.1) is 0 Å². The number of hydrogen-bond donors (Lipinski definition) is 1. The molecule has 0 saturated heterocycles. The number of para-hydroxylation sites is 1. The fourth-order valence-electron chi connectivity index (χ4n) is 3.06. The number of ether oxygens (including phenoxy) is 3. The van der Waals surface area contributed by atoms with Gasteiger partial charge in [0.25, 0.3) is 0 Å². The van der Waals surface area contributed by atoms with Crippen LogP contribution < -0.4 is 9.47 Å². The lowest BCUT2D eigenvalue weighted by Gasteiger charge is -2.15. The Labute approximate surface area is 169 Å². The number of aryl methyl sites for hydroxylation is 1.